The van der Waals surface area contributed by atoms with Gasteiger partial charge in [-0.15, -0.1) is 11.3 Å². The van der Waals surface area contributed by atoms with E-state index in [1.807, 2.05) is 0 Å². The lowest BCUT2D eigenvalue weighted by atomic mass is 10.2. The fourth-order valence-electron chi connectivity index (χ4n) is 1.23. The topological polar surface area (TPSA) is 38.0 Å². The molecule has 0 saturated heterocycles. The van der Waals surface area contributed by atoms with Crippen LogP contribution in [0.3, 0.4) is 0 Å². The van der Waals surface area contributed by atoms with Crippen LogP contribution in [0.2, 0.25) is 0 Å². The quantitative estimate of drug-likeness (QED) is 0.752. The maximum absolute atomic E-state index is 5.41. The standard InChI is InChI=1S/C10H17BrN2S/c11-10-5-4-9(14-10)8-13-7-3-1-2-6-12/h4-5,13H,1-3,6-8,12H2. The molecule has 1 heterocycles. The van der Waals surface area contributed by atoms with Gasteiger partial charge in [0.05, 0.1) is 3.79 Å². The molecule has 1 aromatic rings. The predicted octanol–water partition coefficient (Wildman–Crippen LogP) is 2.73. The van der Waals surface area contributed by atoms with Crippen molar-refractivity contribution in [2.45, 2.75) is 25.8 Å². The van der Waals surface area contributed by atoms with Crippen LogP contribution in [0.4, 0.5) is 0 Å². The second-order valence-electron chi connectivity index (χ2n) is 3.23. The van der Waals surface area contributed by atoms with Crippen LogP contribution in [0.25, 0.3) is 0 Å². The summed E-state index contributed by atoms with van der Waals surface area (Å²) in [6.45, 7) is 2.90. The molecule has 4 heteroatoms. The number of hydrogen-bond donors (Lipinski definition) is 2. The largest absolute Gasteiger partial charge is 0.330 e. The SMILES string of the molecule is NCCCCCNCc1ccc(Br)s1. The second kappa shape index (κ2) is 7.40. The van der Waals surface area contributed by atoms with Crippen molar-refractivity contribution >= 4 is 27.3 Å². The first-order valence-electron chi connectivity index (χ1n) is 4.98. The lowest BCUT2D eigenvalue weighted by Gasteiger charge is -2.01. The Hall–Kier alpha value is 0.1000. The van der Waals surface area contributed by atoms with Crippen molar-refractivity contribution in [2.24, 2.45) is 5.73 Å². The van der Waals surface area contributed by atoms with Gasteiger partial charge in [-0.1, -0.05) is 6.42 Å². The molecule has 0 aromatic carbocycles. The van der Waals surface area contributed by atoms with Gasteiger partial charge in [0.1, 0.15) is 0 Å². The highest BCUT2D eigenvalue weighted by Gasteiger charge is 1.96. The third kappa shape index (κ3) is 5.10. The summed E-state index contributed by atoms with van der Waals surface area (Å²) in [5.74, 6) is 0. The third-order valence-corrected chi connectivity index (χ3v) is 3.61. The minimum absolute atomic E-state index is 0.817. The molecule has 0 atom stereocenters. The number of halogens is 1. The van der Waals surface area contributed by atoms with Crippen molar-refractivity contribution in [3.8, 4) is 0 Å². The monoisotopic (exact) mass is 276 g/mol. The highest BCUT2D eigenvalue weighted by molar-refractivity contribution is 9.11. The number of nitrogens with two attached hydrogens (primary N) is 1. The van der Waals surface area contributed by atoms with Crippen LogP contribution in [0.1, 0.15) is 24.1 Å². The van der Waals surface area contributed by atoms with Crippen LogP contribution in [-0.4, -0.2) is 13.1 Å². The van der Waals surface area contributed by atoms with Crippen LogP contribution in [0.15, 0.2) is 15.9 Å². The fraction of sp³-hybridized carbons (Fsp3) is 0.600. The smallest absolute Gasteiger partial charge is 0.0701 e. The second-order valence-corrected chi connectivity index (χ2v) is 5.78. The molecule has 0 fully saturated rings. The summed E-state index contributed by atoms with van der Waals surface area (Å²) in [7, 11) is 0. The lowest BCUT2D eigenvalue weighted by molar-refractivity contribution is 0.609. The molecule has 0 unspecified atom stereocenters. The van der Waals surface area contributed by atoms with Crippen molar-refractivity contribution in [3.05, 3.63) is 20.8 Å². The van der Waals surface area contributed by atoms with Crippen LogP contribution in [0, 0.1) is 0 Å². The van der Waals surface area contributed by atoms with Gasteiger partial charge in [-0.2, -0.15) is 0 Å². The molecule has 0 aliphatic rings. The molecule has 14 heavy (non-hydrogen) atoms. The molecule has 1 aromatic heterocycles. The Kier molecular flexibility index (Phi) is 6.43. The van der Waals surface area contributed by atoms with Crippen molar-refractivity contribution in [1.29, 1.82) is 0 Å². The minimum Gasteiger partial charge on any atom is -0.330 e. The highest BCUT2D eigenvalue weighted by atomic mass is 79.9. The van der Waals surface area contributed by atoms with E-state index in [0.29, 0.717) is 0 Å². The zero-order chi connectivity index (χ0) is 10.2. The van der Waals surface area contributed by atoms with E-state index in [-0.39, 0.29) is 0 Å². The van der Waals surface area contributed by atoms with Crippen molar-refractivity contribution < 1.29 is 0 Å². The summed E-state index contributed by atoms with van der Waals surface area (Å²) >= 11 is 5.24. The summed E-state index contributed by atoms with van der Waals surface area (Å²) < 4.78 is 1.21. The van der Waals surface area contributed by atoms with Gasteiger partial charge >= 0.3 is 0 Å². The summed E-state index contributed by atoms with van der Waals surface area (Å²) in [4.78, 5) is 1.38. The molecule has 0 aliphatic carbocycles. The number of unbranched alkanes of at least 4 members (excludes halogenated alkanes) is 2. The zero-order valence-corrected chi connectivity index (χ0v) is 10.7. The van der Waals surface area contributed by atoms with E-state index in [1.54, 1.807) is 11.3 Å². The predicted molar refractivity (Wildman–Crippen MR) is 66.6 cm³/mol. The van der Waals surface area contributed by atoms with Gasteiger partial charge in [-0.05, 0) is 54.0 Å². The van der Waals surface area contributed by atoms with Gasteiger partial charge in [-0.3, -0.25) is 0 Å². The molecule has 0 radical (unpaired) electrons. The van der Waals surface area contributed by atoms with E-state index in [0.717, 1.165) is 26.1 Å². The molecule has 0 spiro atoms. The normalized spacial score (nSPS) is 10.7. The zero-order valence-electron chi connectivity index (χ0n) is 8.26. The summed E-state index contributed by atoms with van der Waals surface area (Å²) in [5, 5.41) is 3.42. The van der Waals surface area contributed by atoms with Crippen LogP contribution in [0.5, 0.6) is 0 Å². The third-order valence-electron chi connectivity index (χ3n) is 1.99. The minimum atomic E-state index is 0.817. The highest BCUT2D eigenvalue weighted by Crippen LogP contribution is 2.21. The molecule has 3 N–H and O–H groups in total. The lowest BCUT2D eigenvalue weighted by Crippen LogP contribution is -2.14. The first-order valence-corrected chi connectivity index (χ1v) is 6.59. The van der Waals surface area contributed by atoms with Gasteiger partial charge in [0.15, 0.2) is 0 Å². The molecular weight excluding hydrogens is 260 g/mol. The molecule has 0 amide bonds. The first kappa shape index (κ1) is 12.2. The molecule has 2 nitrogen and oxygen atoms in total. The Labute approximate surface area is 98.0 Å². The molecule has 0 aliphatic heterocycles. The van der Waals surface area contributed by atoms with Gasteiger partial charge in [0.2, 0.25) is 0 Å². The van der Waals surface area contributed by atoms with Gasteiger partial charge in [0, 0.05) is 11.4 Å². The van der Waals surface area contributed by atoms with Crippen LogP contribution < -0.4 is 11.1 Å². The maximum Gasteiger partial charge on any atom is 0.0701 e. The fourth-order valence-corrected chi connectivity index (χ4v) is 2.68. The number of rotatable bonds is 7. The number of nitrogens with one attached hydrogen (secondary N) is 1. The molecule has 0 saturated carbocycles. The maximum atomic E-state index is 5.41. The Morgan fingerprint density at radius 3 is 2.79 bits per heavy atom. The van der Waals surface area contributed by atoms with Crippen LogP contribution in [-0.2, 0) is 6.54 Å². The first-order chi connectivity index (χ1) is 6.83. The van der Waals surface area contributed by atoms with E-state index in [2.05, 4.69) is 33.4 Å². The molecule has 80 valence electrons. The van der Waals surface area contributed by atoms with E-state index in [1.165, 1.54) is 21.5 Å². The molecule has 0 bridgehead atoms. The van der Waals surface area contributed by atoms with Crippen molar-refractivity contribution in [3.63, 3.8) is 0 Å². The molecule has 1 rings (SSSR count). The number of hydrogen-bond acceptors (Lipinski definition) is 3. The summed E-state index contributed by atoms with van der Waals surface area (Å²) in [6.07, 6.45) is 3.60. The van der Waals surface area contributed by atoms with Gasteiger partial charge < -0.3 is 11.1 Å². The Morgan fingerprint density at radius 1 is 1.29 bits per heavy atom. The van der Waals surface area contributed by atoms with E-state index in [9.17, 15) is 0 Å². The Bertz CT molecular complexity index is 250. The van der Waals surface area contributed by atoms with Gasteiger partial charge in [0.25, 0.3) is 0 Å². The number of thiophene rings is 1. The summed E-state index contributed by atoms with van der Waals surface area (Å²) in [6, 6.07) is 4.25. The van der Waals surface area contributed by atoms with E-state index in [4.69, 9.17) is 5.73 Å². The van der Waals surface area contributed by atoms with Gasteiger partial charge in [-0.25, -0.2) is 0 Å². The Morgan fingerprint density at radius 2 is 2.14 bits per heavy atom. The average molecular weight is 277 g/mol. The van der Waals surface area contributed by atoms with E-state index < -0.39 is 0 Å². The summed E-state index contributed by atoms with van der Waals surface area (Å²) in [5.41, 5.74) is 5.41. The van der Waals surface area contributed by atoms with E-state index >= 15 is 0 Å². The van der Waals surface area contributed by atoms with Crippen molar-refractivity contribution in [2.75, 3.05) is 13.1 Å². The van der Waals surface area contributed by atoms with Crippen molar-refractivity contribution in [1.82, 2.24) is 5.32 Å². The Balaban J connectivity index is 1.99. The average Bonchev–Trinajstić information content (AvgIpc) is 2.58. The molecular formula is C10H17BrN2S. The van der Waals surface area contributed by atoms with Crippen LogP contribution >= 0.6 is 27.3 Å².